The Morgan fingerprint density at radius 1 is 1.06 bits per heavy atom. The highest BCUT2D eigenvalue weighted by Crippen LogP contribution is 2.28. The Hall–Kier alpha value is -3.17. The van der Waals surface area contributed by atoms with Crippen LogP contribution in [0, 0.1) is 11.8 Å². The number of benzene rings is 2. The molecule has 1 aliphatic rings. The van der Waals surface area contributed by atoms with Crippen molar-refractivity contribution in [2.24, 2.45) is 0 Å². The molecule has 0 unspecified atom stereocenters. The largest absolute Gasteiger partial charge is 0.339 e. The molecule has 0 saturated heterocycles. The van der Waals surface area contributed by atoms with E-state index < -0.39 is 15.4 Å². The van der Waals surface area contributed by atoms with Gasteiger partial charge >= 0.3 is 0 Å². The van der Waals surface area contributed by atoms with E-state index in [0.717, 1.165) is 54.1 Å². The molecule has 1 amide bonds. The molecule has 3 aromatic rings. The first-order chi connectivity index (χ1) is 15.3. The molecule has 2 aromatic carbocycles. The third-order valence-electron chi connectivity index (χ3n) is 5.84. The van der Waals surface area contributed by atoms with E-state index in [1.807, 2.05) is 30.3 Å². The lowest BCUT2D eigenvalue weighted by atomic mass is 9.81. The van der Waals surface area contributed by atoms with E-state index >= 15 is 0 Å². The molecular formula is C26H26N2O3S. The number of rotatable bonds is 4. The quantitative estimate of drug-likeness (QED) is 0.614. The second-order valence-corrected chi connectivity index (χ2v) is 10.5. The number of para-hydroxylation sites is 1. The molecular weight excluding hydrogens is 420 g/mol. The van der Waals surface area contributed by atoms with Crippen LogP contribution >= 0.6 is 0 Å². The Labute approximate surface area is 189 Å². The summed E-state index contributed by atoms with van der Waals surface area (Å²) >= 11 is 0. The maximum atomic E-state index is 12.8. The summed E-state index contributed by atoms with van der Waals surface area (Å²) in [5, 5.41) is 4.22. The molecule has 1 N–H and O–H groups in total. The first kappa shape index (κ1) is 22.0. The van der Waals surface area contributed by atoms with Crippen LogP contribution < -0.4 is 5.32 Å². The molecule has 0 bridgehead atoms. The summed E-state index contributed by atoms with van der Waals surface area (Å²) in [5.41, 5.74) is 1.99. The molecule has 164 valence electrons. The molecule has 1 fully saturated rings. The number of sulfone groups is 1. The third kappa shape index (κ3) is 5.35. The van der Waals surface area contributed by atoms with E-state index in [-0.39, 0.29) is 17.2 Å². The Morgan fingerprint density at radius 3 is 2.50 bits per heavy atom. The number of aromatic nitrogens is 1. The first-order valence-electron chi connectivity index (χ1n) is 10.8. The van der Waals surface area contributed by atoms with Crippen molar-refractivity contribution in [3.05, 3.63) is 71.9 Å². The summed E-state index contributed by atoms with van der Waals surface area (Å²) in [6.45, 7) is 0. The van der Waals surface area contributed by atoms with Crippen molar-refractivity contribution in [2.45, 2.75) is 49.0 Å². The summed E-state index contributed by atoms with van der Waals surface area (Å²) in [5.74, 6) is 6.50. The highest BCUT2D eigenvalue weighted by molar-refractivity contribution is 7.90. The van der Waals surface area contributed by atoms with Crippen LogP contribution in [-0.2, 0) is 21.1 Å². The number of carbonyl (C=O) groups is 1. The fraction of sp³-hybridized carbons (Fsp3) is 0.308. The third-order valence-corrected chi connectivity index (χ3v) is 6.97. The molecule has 1 saturated carbocycles. The van der Waals surface area contributed by atoms with Crippen molar-refractivity contribution in [1.29, 1.82) is 0 Å². The van der Waals surface area contributed by atoms with Crippen LogP contribution in [0.4, 0.5) is 0 Å². The van der Waals surface area contributed by atoms with Crippen molar-refractivity contribution < 1.29 is 13.2 Å². The van der Waals surface area contributed by atoms with E-state index in [0.29, 0.717) is 0 Å². The van der Waals surface area contributed by atoms with Gasteiger partial charge in [-0.25, -0.2) is 8.42 Å². The molecule has 0 atom stereocenters. The molecule has 5 nitrogen and oxygen atoms in total. The number of hydrogen-bond acceptors (Lipinski definition) is 4. The maximum absolute atomic E-state index is 12.8. The second kappa shape index (κ2) is 9.13. The summed E-state index contributed by atoms with van der Waals surface area (Å²) in [6.07, 6.45) is 7.96. The van der Waals surface area contributed by atoms with Gasteiger partial charge in [0.15, 0.2) is 9.84 Å². The Morgan fingerprint density at radius 2 is 1.78 bits per heavy atom. The normalized spacial score (nSPS) is 15.5. The number of nitrogens with zero attached hydrogens (tertiary/aromatic N) is 1. The molecule has 0 radical (unpaired) electrons. The van der Waals surface area contributed by atoms with Crippen LogP contribution in [0.3, 0.4) is 0 Å². The van der Waals surface area contributed by atoms with Crippen LogP contribution in [0.2, 0.25) is 0 Å². The second-order valence-electron chi connectivity index (χ2n) is 8.45. The molecule has 32 heavy (non-hydrogen) atoms. The maximum Gasteiger partial charge on any atom is 0.225 e. The SMILES string of the molecule is CS(=O)(=O)c1ccc(CC(=O)NC2(C#Cc3cnc4ccccc4c3)CCCCC2)cc1. The van der Waals surface area contributed by atoms with Crippen LogP contribution in [0.15, 0.2) is 65.7 Å². The van der Waals surface area contributed by atoms with E-state index in [4.69, 9.17) is 0 Å². The lowest BCUT2D eigenvalue weighted by Gasteiger charge is -2.33. The van der Waals surface area contributed by atoms with Gasteiger partial charge in [0.25, 0.3) is 0 Å². The average molecular weight is 447 g/mol. The average Bonchev–Trinajstić information content (AvgIpc) is 2.78. The van der Waals surface area contributed by atoms with Crippen LogP contribution in [0.1, 0.15) is 43.2 Å². The smallest absolute Gasteiger partial charge is 0.225 e. The van der Waals surface area contributed by atoms with E-state index in [2.05, 4.69) is 22.1 Å². The number of nitrogens with one attached hydrogen (secondary N) is 1. The lowest BCUT2D eigenvalue weighted by Crippen LogP contribution is -2.49. The van der Waals surface area contributed by atoms with Gasteiger partial charge in [0.05, 0.1) is 16.8 Å². The summed E-state index contributed by atoms with van der Waals surface area (Å²) in [7, 11) is -3.25. The van der Waals surface area contributed by atoms with Crippen molar-refractivity contribution >= 4 is 26.6 Å². The monoisotopic (exact) mass is 446 g/mol. The van der Waals surface area contributed by atoms with Gasteiger partial charge in [-0.3, -0.25) is 9.78 Å². The molecule has 0 spiro atoms. The van der Waals surface area contributed by atoms with Gasteiger partial charge in [0.1, 0.15) is 5.54 Å². The zero-order valence-electron chi connectivity index (χ0n) is 18.1. The summed E-state index contributed by atoms with van der Waals surface area (Å²) in [4.78, 5) is 17.6. The minimum atomic E-state index is -3.25. The number of amides is 1. The minimum absolute atomic E-state index is 0.107. The van der Waals surface area contributed by atoms with Gasteiger partial charge in [0, 0.05) is 23.4 Å². The van der Waals surface area contributed by atoms with Crippen molar-refractivity contribution in [2.75, 3.05) is 6.26 Å². The highest BCUT2D eigenvalue weighted by Gasteiger charge is 2.31. The minimum Gasteiger partial charge on any atom is -0.339 e. The number of pyridine rings is 1. The molecule has 0 aliphatic heterocycles. The van der Waals surface area contributed by atoms with Crippen LogP contribution in [0.25, 0.3) is 10.9 Å². The van der Waals surface area contributed by atoms with Gasteiger partial charge in [-0.15, -0.1) is 0 Å². The summed E-state index contributed by atoms with van der Waals surface area (Å²) in [6, 6.07) is 16.4. The zero-order valence-corrected chi connectivity index (χ0v) is 18.9. The number of carbonyl (C=O) groups excluding carboxylic acids is 1. The zero-order chi connectivity index (χ0) is 22.6. The Kier molecular flexibility index (Phi) is 6.29. The first-order valence-corrected chi connectivity index (χ1v) is 12.7. The molecule has 6 heteroatoms. The molecule has 4 rings (SSSR count). The van der Waals surface area contributed by atoms with E-state index in [9.17, 15) is 13.2 Å². The van der Waals surface area contributed by atoms with Crippen molar-refractivity contribution in [1.82, 2.24) is 10.3 Å². The fourth-order valence-electron chi connectivity index (χ4n) is 4.12. The van der Waals surface area contributed by atoms with Gasteiger partial charge < -0.3 is 5.32 Å². The Balaban J connectivity index is 1.51. The lowest BCUT2D eigenvalue weighted by molar-refractivity contribution is -0.122. The van der Waals surface area contributed by atoms with Gasteiger partial charge in [-0.2, -0.15) is 0 Å². The number of hydrogen-bond donors (Lipinski definition) is 1. The van der Waals surface area contributed by atoms with Gasteiger partial charge in [-0.05, 0) is 42.7 Å². The molecule has 1 aliphatic carbocycles. The predicted molar refractivity (Wildman–Crippen MR) is 126 cm³/mol. The van der Waals surface area contributed by atoms with Crippen molar-refractivity contribution in [3.8, 4) is 11.8 Å². The van der Waals surface area contributed by atoms with Gasteiger partial charge in [-0.1, -0.05) is 61.4 Å². The Bertz CT molecular complexity index is 1300. The van der Waals surface area contributed by atoms with E-state index in [1.165, 1.54) is 6.26 Å². The van der Waals surface area contributed by atoms with E-state index in [1.54, 1.807) is 30.5 Å². The molecule has 1 aromatic heterocycles. The number of fused-ring (bicyclic) bond motifs is 1. The summed E-state index contributed by atoms with van der Waals surface area (Å²) < 4.78 is 23.3. The van der Waals surface area contributed by atoms with Crippen LogP contribution in [0.5, 0.6) is 0 Å². The van der Waals surface area contributed by atoms with Crippen molar-refractivity contribution in [3.63, 3.8) is 0 Å². The highest BCUT2D eigenvalue weighted by atomic mass is 32.2. The molecule has 1 heterocycles. The van der Waals surface area contributed by atoms with Crippen LogP contribution in [-0.4, -0.2) is 31.1 Å². The predicted octanol–water partition coefficient (Wildman–Crippen LogP) is 4.05. The fourth-order valence-corrected chi connectivity index (χ4v) is 4.75. The topological polar surface area (TPSA) is 76.1 Å². The standard InChI is InChI=1S/C26H26N2O3S/c1-32(30,31)23-11-9-20(10-12-23)18-25(29)28-26(14-5-2-6-15-26)16-13-21-17-22-7-3-4-8-24(22)27-19-21/h3-4,7-12,17,19H,2,5-6,14-15,18H2,1H3,(H,28,29). The van der Waals surface area contributed by atoms with Gasteiger partial charge in [0.2, 0.25) is 5.91 Å².